The summed E-state index contributed by atoms with van der Waals surface area (Å²) in [5.41, 5.74) is 5.32. The first-order chi connectivity index (χ1) is 6.33. The molecule has 1 heterocycles. The number of amidine groups is 1. The van der Waals surface area contributed by atoms with Crippen LogP contribution in [0.5, 0.6) is 0 Å². The Labute approximate surface area is 82.9 Å². The molecule has 0 radical (unpaired) electrons. The zero-order chi connectivity index (χ0) is 9.52. The maximum absolute atomic E-state index is 8.29. The second-order valence-electron chi connectivity index (χ2n) is 3.28. The van der Waals surface area contributed by atoms with Crippen LogP contribution in [-0.4, -0.2) is 35.6 Å². The number of nitrogens with zero attached hydrogens (tertiary/aromatic N) is 1. The molecule has 1 fully saturated rings. The second-order valence-corrected chi connectivity index (χ2v) is 4.50. The van der Waals surface area contributed by atoms with E-state index in [0.29, 0.717) is 6.54 Å². The summed E-state index contributed by atoms with van der Waals surface area (Å²) in [6, 6.07) is 0. The molecule has 1 saturated heterocycles. The number of hydrogen-bond donors (Lipinski definition) is 3. The summed E-state index contributed by atoms with van der Waals surface area (Å²) in [7, 11) is 0. The van der Waals surface area contributed by atoms with Gasteiger partial charge < -0.3 is 16.3 Å². The lowest BCUT2D eigenvalue weighted by molar-refractivity contribution is 0.316. The van der Waals surface area contributed by atoms with Gasteiger partial charge >= 0.3 is 0 Å². The Bertz CT molecular complexity index is 169. The van der Waals surface area contributed by atoms with E-state index in [2.05, 4.69) is 10.5 Å². The van der Waals surface area contributed by atoms with Crippen molar-refractivity contribution in [3.63, 3.8) is 0 Å². The minimum atomic E-state index is 0.255. The van der Waals surface area contributed by atoms with Crippen molar-refractivity contribution in [2.45, 2.75) is 12.8 Å². The highest BCUT2D eigenvalue weighted by Gasteiger charge is 2.12. The lowest BCUT2D eigenvalue weighted by Crippen LogP contribution is -2.33. The Kier molecular flexibility index (Phi) is 5.00. The van der Waals surface area contributed by atoms with Crippen LogP contribution in [0, 0.1) is 5.92 Å². The molecule has 0 unspecified atom stereocenters. The highest BCUT2D eigenvalue weighted by molar-refractivity contribution is 7.99. The van der Waals surface area contributed by atoms with Gasteiger partial charge in [0.1, 0.15) is 0 Å². The van der Waals surface area contributed by atoms with Crippen LogP contribution in [0.4, 0.5) is 0 Å². The molecule has 0 aromatic carbocycles. The third kappa shape index (κ3) is 4.38. The molecule has 0 aliphatic carbocycles. The van der Waals surface area contributed by atoms with Crippen molar-refractivity contribution < 1.29 is 5.21 Å². The molecule has 4 nitrogen and oxygen atoms in total. The van der Waals surface area contributed by atoms with Crippen LogP contribution in [0.2, 0.25) is 0 Å². The zero-order valence-electron chi connectivity index (χ0n) is 7.70. The van der Waals surface area contributed by atoms with Gasteiger partial charge in [0.05, 0.1) is 6.54 Å². The van der Waals surface area contributed by atoms with E-state index in [0.717, 1.165) is 12.5 Å². The Morgan fingerprint density at radius 1 is 1.54 bits per heavy atom. The van der Waals surface area contributed by atoms with Gasteiger partial charge in [0.2, 0.25) is 0 Å². The number of rotatable bonds is 4. The van der Waals surface area contributed by atoms with Gasteiger partial charge in [-0.3, -0.25) is 0 Å². The van der Waals surface area contributed by atoms with E-state index in [-0.39, 0.29) is 5.84 Å². The standard InChI is InChI=1S/C8H17N3OS/c9-8(11-12)6-10-5-7-1-3-13-4-2-7/h7,10,12H,1-6H2,(H2,9,11). The summed E-state index contributed by atoms with van der Waals surface area (Å²) >= 11 is 2.03. The largest absolute Gasteiger partial charge is 0.409 e. The Hall–Kier alpha value is -0.420. The highest BCUT2D eigenvalue weighted by atomic mass is 32.2. The van der Waals surface area contributed by atoms with E-state index in [1.165, 1.54) is 24.3 Å². The summed E-state index contributed by atoms with van der Waals surface area (Å²) in [4.78, 5) is 0. The molecule has 0 spiro atoms. The van der Waals surface area contributed by atoms with E-state index in [4.69, 9.17) is 10.9 Å². The number of oxime groups is 1. The number of thioether (sulfide) groups is 1. The first-order valence-electron chi connectivity index (χ1n) is 4.58. The van der Waals surface area contributed by atoms with Crippen LogP contribution in [0.25, 0.3) is 0 Å². The normalized spacial score (nSPS) is 20.5. The maximum Gasteiger partial charge on any atom is 0.153 e. The fourth-order valence-electron chi connectivity index (χ4n) is 1.39. The summed E-state index contributed by atoms with van der Waals surface area (Å²) in [5.74, 6) is 3.57. The second kappa shape index (κ2) is 6.10. The van der Waals surface area contributed by atoms with Crippen molar-refractivity contribution in [1.82, 2.24) is 5.32 Å². The van der Waals surface area contributed by atoms with Gasteiger partial charge in [-0.25, -0.2) is 0 Å². The lowest BCUT2D eigenvalue weighted by atomic mass is 10.0. The van der Waals surface area contributed by atoms with Crippen LogP contribution >= 0.6 is 11.8 Å². The molecule has 1 rings (SSSR count). The van der Waals surface area contributed by atoms with E-state index in [1.807, 2.05) is 11.8 Å². The predicted octanol–water partition coefficient (Wildman–Crippen LogP) is 0.466. The zero-order valence-corrected chi connectivity index (χ0v) is 8.52. The van der Waals surface area contributed by atoms with Crippen molar-refractivity contribution in [1.29, 1.82) is 0 Å². The van der Waals surface area contributed by atoms with Crippen LogP contribution in [0.3, 0.4) is 0 Å². The molecule has 0 aromatic rings. The Morgan fingerprint density at radius 2 is 2.23 bits per heavy atom. The molecular formula is C8H17N3OS. The quantitative estimate of drug-likeness (QED) is 0.269. The minimum absolute atomic E-state index is 0.255. The first kappa shape index (κ1) is 10.7. The lowest BCUT2D eigenvalue weighted by Gasteiger charge is -2.21. The minimum Gasteiger partial charge on any atom is -0.409 e. The molecule has 0 atom stereocenters. The predicted molar refractivity (Wildman–Crippen MR) is 56.3 cm³/mol. The molecule has 1 aliphatic heterocycles. The van der Waals surface area contributed by atoms with Crippen molar-refractivity contribution in [3.05, 3.63) is 0 Å². The fourth-order valence-corrected chi connectivity index (χ4v) is 2.59. The molecule has 0 saturated carbocycles. The average Bonchev–Trinajstić information content (AvgIpc) is 2.19. The van der Waals surface area contributed by atoms with Gasteiger partial charge in [-0.1, -0.05) is 5.16 Å². The summed E-state index contributed by atoms with van der Waals surface area (Å²) in [6.07, 6.45) is 2.57. The summed E-state index contributed by atoms with van der Waals surface area (Å²) < 4.78 is 0. The smallest absolute Gasteiger partial charge is 0.153 e. The van der Waals surface area contributed by atoms with E-state index in [9.17, 15) is 0 Å². The topological polar surface area (TPSA) is 70.6 Å². The Morgan fingerprint density at radius 3 is 2.85 bits per heavy atom. The first-order valence-corrected chi connectivity index (χ1v) is 5.73. The molecule has 1 aliphatic rings. The van der Waals surface area contributed by atoms with E-state index < -0.39 is 0 Å². The molecular weight excluding hydrogens is 186 g/mol. The van der Waals surface area contributed by atoms with Crippen molar-refractivity contribution in [2.75, 3.05) is 24.6 Å². The van der Waals surface area contributed by atoms with Crippen molar-refractivity contribution in [2.24, 2.45) is 16.8 Å². The van der Waals surface area contributed by atoms with Crippen molar-refractivity contribution >= 4 is 17.6 Å². The monoisotopic (exact) mass is 203 g/mol. The van der Waals surface area contributed by atoms with Crippen LogP contribution < -0.4 is 11.1 Å². The molecule has 4 N–H and O–H groups in total. The van der Waals surface area contributed by atoms with E-state index >= 15 is 0 Å². The van der Waals surface area contributed by atoms with Crippen LogP contribution in [0.1, 0.15) is 12.8 Å². The molecule has 13 heavy (non-hydrogen) atoms. The third-order valence-corrected chi connectivity index (χ3v) is 3.26. The molecule has 0 aromatic heterocycles. The van der Waals surface area contributed by atoms with Gasteiger partial charge in [-0.05, 0) is 36.8 Å². The van der Waals surface area contributed by atoms with Gasteiger partial charge in [-0.2, -0.15) is 11.8 Å². The summed E-state index contributed by atoms with van der Waals surface area (Å²) in [6.45, 7) is 1.47. The number of nitrogens with one attached hydrogen (secondary N) is 1. The number of hydrogen-bond acceptors (Lipinski definition) is 4. The third-order valence-electron chi connectivity index (χ3n) is 2.21. The van der Waals surface area contributed by atoms with Gasteiger partial charge in [0, 0.05) is 0 Å². The summed E-state index contributed by atoms with van der Waals surface area (Å²) in [5, 5.41) is 14.4. The van der Waals surface area contributed by atoms with Gasteiger partial charge in [0.25, 0.3) is 0 Å². The van der Waals surface area contributed by atoms with Gasteiger partial charge in [0.15, 0.2) is 5.84 Å². The van der Waals surface area contributed by atoms with Crippen molar-refractivity contribution in [3.8, 4) is 0 Å². The average molecular weight is 203 g/mol. The SMILES string of the molecule is NC(CNCC1CCSCC1)=NO. The molecule has 0 bridgehead atoms. The fraction of sp³-hybridized carbons (Fsp3) is 0.875. The van der Waals surface area contributed by atoms with Gasteiger partial charge in [-0.15, -0.1) is 0 Å². The molecule has 5 heteroatoms. The highest BCUT2D eigenvalue weighted by Crippen LogP contribution is 2.21. The van der Waals surface area contributed by atoms with E-state index in [1.54, 1.807) is 0 Å². The maximum atomic E-state index is 8.29. The molecule has 76 valence electrons. The Balaban J connectivity index is 2.04. The molecule has 0 amide bonds. The van der Waals surface area contributed by atoms with Crippen LogP contribution in [0.15, 0.2) is 5.16 Å². The van der Waals surface area contributed by atoms with Crippen LogP contribution in [-0.2, 0) is 0 Å². The number of nitrogens with two attached hydrogens (primary N) is 1.